The Morgan fingerprint density at radius 1 is 1.10 bits per heavy atom. The van der Waals surface area contributed by atoms with Gasteiger partial charge in [-0.25, -0.2) is 4.98 Å². The second-order valence-corrected chi connectivity index (χ2v) is 6.22. The molecule has 2 aromatic carbocycles. The van der Waals surface area contributed by atoms with Crippen molar-refractivity contribution in [3.8, 4) is 0 Å². The maximum absolute atomic E-state index is 6.32. The highest BCUT2D eigenvalue weighted by molar-refractivity contribution is 5.76. The van der Waals surface area contributed by atoms with E-state index in [4.69, 9.17) is 10.7 Å². The fourth-order valence-electron chi connectivity index (χ4n) is 2.72. The molecule has 1 heterocycles. The Morgan fingerprint density at radius 2 is 1.86 bits per heavy atom. The molecule has 3 heteroatoms. The molecule has 0 fully saturated rings. The molecule has 2 N–H and O–H groups in total. The van der Waals surface area contributed by atoms with Crippen molar-refractivity contribution in [1.29, 1.82) is 0 Å². The van der Waals surface area contributed by atoms with E-state index in [2.05, 4.69) is 41.8 Å². The van der Waals surface area contributed by atoms with Crippen molar-refractivity contribution in [3.63, 3.8) is 0 Å². The predicted molar refractivity (Wildman–Crippen MR) is 87.2 cm³/mol. The van der Waals surface area contributed by atoms with Crippen molar-refractivity contribution in [2.75, 3.05) is 0 Å². The van der Waals surface area contributed by atoms with E-state index in [0.717, 1.165) is 23.4 Å². The Morgan fingerprint density at radius 3 is 2.57 bits per heavy atom. The molecule has 0 amide bonds. The van der Waals surface area contributed by atoms with Crippen molar-refractivity contribution in [2.45, 2.75) is 32.9 Å². The van der Waals surface area contributed by atoms with Crippen LogP contribution in [0.1, 0.15) is 30.8 Å². The first-order valence-corrected chi connectivity index (χ1v) is 7.25. The molecular formula is C18H21N3. The molecule has 0 aliphatic carbocycles. The fraction of sp³-hybridized carbons (Fsp3) is 0.278. The van der Waals surface area contributed by atoms with Gasteiger partial charge in [0, 0.05) is 6.54 Å². The molecule has 0 aliphatic heterocycles. The normalized spacial score (nSPS) is 12.0. The average molecular weight is 279 g/mol. The van der Waals surface area contributed by atoms with Crippen molar-refractivity contribution < 1.29 is 0 Å². The van der Waals surface area contributed by atoms with E-state index in [9.17, 15) is 0 Å². The van der Waals surface area contributed by atoms with Crippen LogP contribution < -0.4 is 5.73 Å². The summed E-state index contributed by atoms with van der Waals surface area (Å²) in [6.07, 6.45) is 0. The third kappa shape index (κ3) is 2.69. The standard InChI is InChI=1S/C18H21N3/c1-13-7-6-8-14(11-13)12-21-16-10-5-4-9-15(16)20-17(21)18(2,3)19/h4-11H,12,19H2,1-3H3. The van der Waals surface area contributed by atoms with Crippen molar-refractivity contribution >= 4 is 11.0 Å². The first-order chi connectivity index (χ1) is 9.95. The van der Waals surface area contributed by atoms with Gasteiger partial charge in [0.05, 0.1) is 16.6 Å². The first kappa shape index (κ1) is 13.8. The number of fused-ring (bicyclic) bond motifs is 1. The first-order valence-electron chi connectivity index (χ1n) is 7.25. The van der Waals surface area contributed by atoms with Gasteiger partial charge in [0.25, 0.3) is 0 Å². The Kier molecular flexibility index (Phi) is 3.30. The Balaban J connectivity index is 2.15. The van der Waals surface area contributed by atoms with Gasteiger partial charge in [-0.2, -0.15) is 0 Å². The van der Waals surface area contributed by atoms with Crippen LogP contribution in [0.3, 0.4) is 0 Å². The van der Waals surface area contributed by atoms with E-state index in [1.807, 2.05) is 32.0 Å². The molecule has 1 aromatic heterocycles. The van der Waals surface area contributed by atoms with Crippen LogP contribution in [0.25, 0.3) is 11.0 Å². The smallest absolute Gasteiger partial charge is 0.129 e. The van der Waals surface area contributed by atoms with E-state index in [0.29, 0.717) is 0 Å². The van der Waals surface area contributed by atoms with E-state index in [1.54, 1.807) is 0 Å². The van der Waals surface area contributed by atoms with Crippen LogP contribution in [0, 0.1) is 6.92 Å². The molecule has 0 radical (unpaired) electrons. The van der Waals surface area contributed by atoms with Gasteiger partial charge in [-0.1, -0.05) is 42.0 Å². The number of hydrogen-bond donors (Lipinski definition) is 1. The fourth-order valence-corrected chi connectivity index (χ4v) is 2.72. The maximum atomic E-state index is 6.32. The van der Waals surface area contributed by atoms with Gasteiger partial charge in [0.15, 0.2) is 0 Å². The number of rotatable bonds is 3. The van der Waals surface area contributed by atoms with Crippen LogP contribution in [0.15, 0.2) is 48.5 Å². The van der Waals surface area contributed by atoms with Gasteiger partial charge in [0.2, 0.25) is 0 Å². The van der Waals surface area contributed by atoms with Gasteiger partial charge in [-0.15, -0.1) is 0 Å². The van der Waals surface area contributed by atoms with E-state index in [1.165, 1.54) is 11.1 Å². The molecular weight excluding hydrogens is 258 g/mol. The number of aryl methyl sites for hydroxylation is 1. The molecule has 3 aromatic rings. The molecule has 0 aliphatic rings. The summed E-state index contributed by atoms with van der Waals surface area (Å²) >= 11 is 0. The second kappa shape index (κ2) is 5.01. The molecule has 21 heavy (non-hydrogen) atoms. The van der Waals surface area contributed by atoms with Crippen molar-refractivity contribution in [2.24, 2.45) is 5.73 Å². The predicted octanol–water partition coefficient (Wildman–Crippen LogP) is 3.59. The zero-order valence-corrected chi connectivity index (χ0v) is 12.8. The minimum Gasteiger partial charge on any atom is -0.322 e. The minimum atomic E-state index is -0.469. The maximum Gasteiger partial charge on any atom is 0.129 e. The van der Waals surface area contributed by atoms with E-state index in [-0.39, 0.29) is 0 Å². The Labute approximate surface area is 125 Å². The van der Waals surface area contributed by atoms with Gasteiger partial charge in [0.1, 0.15) is 5.82 Å². The summed E-state index contributed by atoms with van der Waals surface area (Å²) in [4.78, 5) is 4.74. The van der Waals surface area contributed by atoms with Crippen LogP contribution in [0.4, 0.5) is 0 Å². The number of aromatic nitrogens is 2. The van der Waals surface area contributed by atoms with Crippen molar-refractivity contribution in [3.05, 3.63) is 65.5 Å². The highest BCUT2D eigenvalue weighted by atomic mass is 15.1. The zero-order chi connectivity index (χ0) is 15.0. The second-order valence-electron chi connectivity index (χ2n) is 6.22. The third-order valence-electron chi connectivity index (χ3n) is 3.65. The molecule has 3 rings (SSSR count). The lowest BCUT2D eigenvalue weighted by Gasteiger charge is -2.20. The number of benzene rings is 2. The van der Waals surface area contributed by atoms with E-state index < -0.39 is 5.54 Å². The quantitative estimate of drug-likeness (QED) is 0.796. The Bertz CT molecular complexity index is 779. The number of imidazole rings is 1. The molecule has 0 atom stereocenters. The molecule has 3 nitrogen and oxygen atoms in total. The van der Waals surface area contributed by atoms with Gasteiger partial charge >= 0.3 is 0 Å². The minimum absolute atomic E-state index is 0.469. The number of para-hydroxylation sites is 2. The lowest BCUT2D eigenvalue weighted by Crippen LogP contribution is -2.32. The van der Waals surface area contributed by atoms with Crippen LogP contribution >= 0.6 is 0 Å². The zero-order valence-electron chi connectivity index (χ0n) is 12.8. The largest absolute Gasteiger partial charge is 0.322 e. The molecule has 0 unspecified atom stereocenters. The summed E-state index contributed by atoms with van der Waals surface area (Å²) in [5.74, 6) is 0.921. The molecule has 0 bridgehead atoms. The van der Waals surface area contributed by atoms with Crippen LogP contribution in [0.2, 0.25) is 0 Å². The monoisotopic (exact) mass is 279 g/mol. The summed E-state index contributed by atoms with van der Waals surface area (Å²) in [5, 5.41) is 0. The highest BCUT2D eigenvalue weighted by Gasteiger charge is 2.23. The topological polar surface area (TPSA) is 43.8 Å². The third-order valence-corrected chi connectivity index (χ3v) is 3.65. The van der Waals surface area contributed by atoms with Crippen LogP contribution in [0.5, 0.6) is 0 Å². The van der Waals surface area contributed by atoms with Crippen LogP contribution in [-0.4, -0.2) is 9.55 Å². The molecule has 0 spiro atoms. The summed E-state index contributed by atoms with van der Waals surface area (Å²) < 4.78 is 2.23. The number of hydrogen-bond acceptors (Lipinski definition) is 2. The van der Waals surface area contributed by atoms with E-state index >= 15 is 0 Å². The molecule has 0 saturated heterocycles. The lowest BCUT2D eigenvalue weighted by atomic mass is 10.1. The lowest BCUT2D eigenvalue weighted by molar-refractivity contribution is 0.489. The summed E-state index contributed by atoms with van der Waals surface area (Å²) in [6.45, 7) is 6.91. The van der Waals surface area contributed by atoms with Crippen molar-refractivity contribution in [1.82, 2.24) is 9.55 Å². The summed E-state index contributed by atoms with van der Waals surface area (Å²) in [5.41, 5.74) is 10.5. The SMILES string of the molecule is Cc1cccc(Cn2c(C(C)(C)N)nc3ccccc32)c1. The highest BCUT2D eigenvalue weighted by Crippen LogP contribution is 2.24. The van der Waals surface area contributed by atoms with Gasteiger partial charge < -0.3 is 10.3 Å². The van der Waals surface area contributed by atoms with Crippen LogP contribution in [-0.2, 0) is 12.1 Å². The summed E-state index contributed by atoms with van der Waals surface area (Å²) in [7, 11) is 0. The Hall–Kier alpha value is -2.13. The number of nitrogens with zero attached hydrogens (tertiary/aromatic N) is 2. The summed E-state index contributed by atoms with van der Waals surface area (Å²) in [6, 6.07) is 16.8. The number of nitrogens with two attached hydrogens (primary N) is 1. The average Bonchev–Trinajstić information content (AvgIpc) is 2.78. The molecule has 108 valence electrons. The van der Waals surface area contributed by atoms with Gasteiger partial charge in [-0.3, -0.25) is 0 Å². The molecule has 0 saturated carbocycles. The van der Waals surface area contributed by atoms with Gasteiger partial charge in [-0.05, 0) is 38.5 Å².